The van der Waals surface area contributed by atoms with E-state index in [2.05, 4.69) is 16.7 Å². The van der Waals surface area contributed by atoms with Gasteiger partial charge in [-0.25, -0.2) is 0 Å². The van der Waals surface area contributed by atoms with Gasteiger partial charge < -0.3 is 5.11 Å². The summed E-state index contributed by atoms with van der Waals surface area (Å²) < 4.78 is 0. The molecule has 1 N–H and O–H groups in total. The molecule has 0 amide bonds. The van der Waals surface area contributed by atoms with Crippen LogP contribution in [-0.4, -0.2) is 59.1 Å². The van der Waals surface area contributed by atoms with E-state index in [0.717, 1.165) is 51.5 Å². The molecule has 4 nitrogen and oxygen atoms in total. The average molecular weight is 266 g/mol. The Kier molecular flexibility index (Phi) is 3.81. The van der Waals surface area contributed by atoms with E-state index in [0.29, 0.717) is 5.92 Å². The number of carbonyl (C=O) groups is 1. The van der Waals surface area contributed by atoms with Crippen molar-refractivity contribution in [1.29, 1.82) is 0 Å². The van der Waals surface area contributed by atoms with E-state index in [1.165, 1.54) is 12.8 Å². The molecule has 1 saturated heterocycles. The van der Waals surface area contributed by atoms with Gasteiger partial charge in [-0.1, -0.05) is 6.92 Å². The molecule has 2 saturated carbocycles. The molecule has 3 aliphatic rings. The quantitative estimate of drug-likeness (QED) is 0.843. The van der Waals surface area contributed by atoms with Gasteiger partial charge in [0.25, 0.3) is 0 Å². The Labute approximate surface area is 115 Å². The van der Waals surface area contributed by atoms with Gasteiger partial charge in [0.15, 0.2) is 0 Å². The van der Waals surface area contributed by atoms with Crippen molar-refractivity contribution in [3.05, 3.63) is 0 Å². The van der Waals surface area contributed by atoms with Crippen molar-refractivity contribution in [2.45, 2.75) is 51.1 Å². The summed E-state index contributed by atoms with van der Waals surface area (Å²) in [4.78, 5) is 16.5. The van der Waals surface area contributed by atoms with Crippen molar-refractivity contribution in [3.8, 4) is 0 Å². The van der Waals surface area contributed by atoms with Crippen LogP contribution in [0.2, 0.25) is 0 Å². The van der Waals surface area contributed by atoms with E-state index < -0.39 is 5.97 Å². The van der Waals surface area contributed by atoms with Crippen LogP contribution < -0.4 is 0 Å². The minimum atomic E-state index is -0.582. The zero-order valence-electron chi connectivity index (χ0n) is 11.9. The van der Waals surface area contributed by atoms with Gasteiger partial charge in [0.05, 0.1) is 5.92 Å². The van der Waals surface area contributed by atoms with E-state index in [-0.39, 0.29) is 12.0 Å². The number of rotatable bonds is 3. The molecule has 4 heteroatoms. The van der Waals surface area contributed by atoms with Crippen molar-refractivity contribution in [3.63, 3.8) is 0 Å². The van der Waals surface area contributed by atoms with Gasteiger partial charge in [-0.3, -0.25) is 14.6 Å². The average Bonchev–Trinajstić information content (AvgIpc) is 3.23. The summed E-state index contributed by atoms with van der Waals surface area (Å²) >= 11 is 0. The third kappa shape index (κ3) is 2.95. The van der Waals surface area contributed by atoms with Crippen molar-refractivity contribution >= 4 is 5.97 Å². The predicted octanol–water partition coefficient (Wildman–Crippen LogP) is 1.66. The number of carboxylic acids is 1. The summed E-state index contributed by atoms with van der Waals surface area (Å²) in [5.41, 5.74) is 0. The van der Waals surface area contributed by atoms with Crippen LogP contribution in [0.1, 0.15) is 39.0 Å². The Morgan fingerprint density at radius 3 is 2.21 bits per heavy atom. The highest BCUT2D eigenvalue weighted by atomic mass is 16.4. The summed E-state index contributed by atoms with van der Waals surface area (Å²) in [5, 5.41) is 9.44. The number of hydrogen-bond acceptors (Lipinski definition) is 3. The van der Waals surface area contributed by atoms with Crippen molar-refractivity contribution in [1.82, 2.24) is 9.80 Å². The first-order valence-electron chi connectivity index (χ1n) is 7.86. The standard InChI is InChI=1S/C15H26N2O2/c1-11-2-5-13(15(18)19)14(10-11)17-8-6-16(7-9-17)12-3-4-12/h11-14H,2-10H2,1H3,(H,18,19). The molecule has 0 aromatic carbocycles. The predicted molar refractivity (Wildman–Crippen MR) is 74.1 cm³/mol. The number of hydrogen-bond donors (Lipinski definition) is 1. The van der Waals surface area contributed by atoms with Crippen LogP contribution in [0.3, 0.4) is 0 Å². The lowest BCUT2D eigenvalue weighted by Crippen LogP contribution is -2.55. The highest BCUT2D eigenvalue weighted by Crippen LogP contribution is 2.34. The molecule has 0 aromatic heterocycles. The second-order valence-corrected chi connectivity index (χ2v) is 6.73. The molecule has 3 atom stereocenters. The highest BCUT2D eigenvalue weighted by molar-refractivity contribution is 5.71. The van der Waals surface area contributed by atoms with E-state index in [4.69, 9.17) is 0 Å². The lowest BCUT2D eigenvalue weighted by molar-refractivity contribution is -0.146. The first kappa shape index (κ1) is 13.4. The highest BCUT2D eigenvalue weighted by Gasteiger charge is 2.39. The molecule has 1 heterocycles. The Morgan fingerprint density at radius 1 is 1.00 bits per heavy atom. The van der Waals surface area contributed by atoms with Crippen molar-refractivity contribution < 1.29 is 9.90 Å². The third-order valence-electron chi connectivity index (χ3n) is 5.28. The van der Waals surface area contributed by atoms with Crippen molar-refractivity contribution in [2.24, 2.45) is 11.8 Å². The van der Waals surface area contributed by atoms with Crippen molar-refractivity contribution in [2.75, 3.05) is 26.2 Å². The maximum absolute atomic E-state index is 11.5. The van der Waals surface area contributed by atoms with Crippen LogP contribution in [0, 0.1) is 11.8 Å². The van der Waals surface area contributed by atoms with E-state index in [1.807, 2.05) is 0 Å². The Morgan fingerprint density at radius 2 is 1.63 bits per heavy atom. The minimum absolute atomic E-state index is 0.135. The summed E-state index contributed by atoms with van der Waals surface area (Å²) in [6.07, 6.45) is 5.76. The monoisotopic (exact) mass is 266 g/mol. The molecule has 1 aliphatic heterocycles. The minimum Gasteiger partial charge on any atom is -0.481 e. The first-order valence-corrected chi connectivity index (χ1v) is 7.86. The number of nitrogens with zero attached hydrogens (tertiary/aromatic N) is 2. The molecule has 0 radical (unpaired) electrons. The van der Waals surface area contributed by atoms with E-state index in [9.17, 15) is 9.90 Å². The maximum Gasteiger partial charge on any atom is 0.308 e. The molecular weight excluding hydrogens is 240 g/mol. The first-order chi connectivity index (χ1) is 9.15. The number of piperazine rings is 1. The second kappa shape index (κ2) is 5.41. The summed E-state index contributed by atoms with van der Waals surface area (Å²) in [7, 11) is 0. The zero-order chi connectivity index (χ0) is 13.4. The van der Waals surface area contributed by atoms with E-state index in [1.54, 1.807) is 0 Å². The number of aliphatic carboxylic acids is 1. The fourth-order valence-corrected chi connectivity index (χ4v) is 3.92. The molecule has 0 aromatic rings. The Hall–Kier alpha value is -0.610. The third-order valence-corrected chi connectivity index (χ3v) is 5.28. The van der Waals surface area contributed by atoms with Gasteiger partial charge in [-0.05, 0) is 38.0 Å². The van der Waals surface area contributed by atoms with Gasteiger partial charge in [0.2, 0.25) is 0 Å². The van der Waals surface area contributed by atoms with Gasteiger partial charge >= 0.3 is 5.97 Å². The fraction of sp³-hybridized carbons (Fsp3) is 0.933. The topological polar surface area (TPSA) is 43.8 Å². The van der Waals surface area contributed by atoms with E-state index >= 15 is 0 Å². The van der Waals surface area contributed by atoms with Crippen LogP contribution in [-0.2, 0) is 4.79 Å². The summed E-state index contributed by atoms with van der Waals surface area (Å²) in [6, 6.07) is 1.13. The van der Waals surface area contributed by atoms with Gasteiger partial charge in [-0.2, -0.15) is 0 Å². The molecule has 0 spiro atoms. The lowest BCUT2D eigenvalue weighted by Gasteiger charge is -2.44. The molecule has 3 fully saturated rings. The molecule has 108 valence electrons. The molecule has 3 rings (SSSR count). The molecule has 0 bridgehead atoms. The van der Waals surface area contributed by atoms with Gasteiger partial charge in [-0.15, -0.1) is 0 Å². The molecule has 19 heavy (non-hydrogen) atoms. The molecular formula is C15H26N2O2. The van der Waals surface area contributed by atoms with Gasteiger partial charge in [0, 0.05) is 38.3 Å². The fourth-order valence-electron chi connectivity index (χ4n) is 3.92. The number of carboxylic acid groups (broad SMARTS) is 1. The van der Waals surface area contributed by atoms with Crippen LogP contribution >= 0.6 is 0 Å². The van der Waals surface area contributed by atoms with Crippen LogP contribution in [0.4, 0.5) is 0 Å². The maximum atomic E-state index is 11.5. The van der Waals surface area contributed by atoms with Crippen LogP contribution in [0.5, 0.6) is 0 Å². The largest absolute Gasteiger partial charge is 0.481 e. The van der Waals surface area contributed by atoms with Crippen LogP contribution in [0.25, 0.3) is 0 Å². The SMILES string of the molecule is CC1CCC(C(=O)O)C(N2CCN(C3CC3)CC2)C1. The second-order valence-electron chi connectivity index (χ2n) is 6.73. The normalized spacial score (nSPS) is 38.3. The zero-order valence-corrected chi connectivity index (χ0v) is 11.9. The Bertz CT molecular complexity index is 335. The summed E-state index contributed by atoms with van der Waals surface area (Å²) in [5.74, 6) is -0.0349. The lowest BCUT2D eigenvalue weighted by atomic mass is 9.78. The summed E-state index contributed by atoms with van der Waals surface area (Å²) in [6.45, 7) is 6.69. The molecule has 3 unspecified atom stereocenters. The van der Waals surface area contributed by atoms with Gasteiger partial charge in [0.1, 0.15) is 0 Å². The smallest absolute Gasteiger partial charge is 0.308 e. The van der Waals surface area contributed by atoms with Crippen LogP contribution in [0.15, 0.2) is 0 Å². The Balaban J connectivity index is 1.60. The molecule has 2 aliphatic carbocycles.